The molecule has 0 atom stereocenters. The van der Waals surface area contributed by atoms with Crippen LogP contribution in [0.4, 0.5) is 4.79 Å². The number of ether oxygens (including phenoxy) is 1. The quantitative estimate of drug-likeness (QED) is 0.808. The van der Waals surface area contributed by atoms with Gasteiger partial charge in [0.1, 0.15) is 5.60 Å². The number of aromatic nitrogens is 2. The fourth-order valence-electron chi connectivity index (χ4n) is 1.60. The van der Waals surface area contributed by atoms with Crippen LogP contribution in [0.1, 0.15) is 54.2 Å². The number of aryl methyl sites for hydroxylation is 1. The SMILES string of the molecule is Cc1nn(C(=O)OC(C)(C)C)cc1B(O)OC(C)(C)C(C)(C)O. The van der Waals surface area contributed by atoms with E-state index in [1.54, 1.807) is 55.4 Å². The first-order valence-corrected chi connectivity index (χ1v) is 7.52. The van der Waals surface area contributed by atoms with E-state index in [4.69, 9.17) is 9.39 Å². The summed E-state index contributed by atoms with van der Waals surface area (Å²) >= 11 is 0. The number of hydrogen-bond donors (Lipinski definition) is 2. The van der Waals surface area contributed by atoms with E-state index in [1.165, 1.54) is 6.20 Å². The summed E-state index contributed by atoms with van der Waals surface area (Å²) in [5.41, 5.74) is -2.03. The summed E-state index contributed by atoms with van der Waals surface area (Å²) in [6.45, 7) is 13.4. The molecule has 0 saturated carbocycles. The van der Waals surface area contributed by atoms with Crippen molar-refractivity contribution in [3.8, 4) is 0 Å². The van der Waals surface area contributed by atoms with Crippen molar-refractivity contribution in [2.24, 2.45) is 0 Å². The van der Waals surface area contributed by atoms with Crippen LogP contribution in [0.15, 0.2) is 6.20 Å². The fraction of sp³-hybridized carbons (Fsp3) is 0.733. The number of hydrogen-bond acceptors (Lipinski definition) is 6. The molecule has 2 N–H and O–H groups in total. The lowest BCUT2D eigenvalue weighted by molar-refractivity contribution is -0.0982. The highest BCUT2D eigenvalue weighted by Gasteiger charge is 2.40. The second kappa shape index (κ2) is 6.26. The third kappa shape index (κ3) is 5.05. The lowest BCUT2D eigenvalue weighted by Crippen LogP contribution is -2.53. The molecular formula is C15H27BN2O5. The Morgan fingerprint density at radius 2 is 1.74 bits per heavy atom. The van der Waals surface area contributed by atoms with Crippen molar-refractivity contribution in [2.45, 2.75) is 72.2 Å². The van der Waals surface area contributed by atoms with Crippen LogP contribution < -0.4 is 5.46 Å². The standard InChI is InChI=1S/C15H27BN2O5/c1-10-11(16(21)23-15(7,8)14(5,6)20)9-18(17-10)12(19)22-13(2,3)4/h9,20-21H,1-8H3. The molecule has 0 amide bonds. The molecule has 7 nitrogen and oxygen atoms in total. The molecular weight excluding hydrogens is 299 g/mol. The molecule has 0 fully saturated rings. The summed E-state index contributed by atoms with van der Waals surface area (Å²) in [5, 5.41) is 24.4. The van der Waals surface area contributed by atoms with E-state index in [1.807, 2.05) is 0 Å². The Bertz CT molecular complexity index is 569. The summed E-state index contributed by atoms with van der Waals surface area (Å²) in [5.74, 6) is 0. The first kappa shape index (κ1) is 19.7. The highest BCUT2D eigenvalue weighted by molar-refractivity contribution is 6.60. The van der Waals surface area contributed by atoms with Crippen LogP contribution in [0.5, 0.6) is 0 Å². The van der Waals surface area contributed by atoms with Gasteiger partial charge in [-0.25, -0.2) is 4.79 Å². The van der Waals surface area contributed by atoms with E-state index in [0.29, 0.717) is 11.2 Å². The minimum atomic E-state index is -1.33. The molecule has 23 heavy (non-hydrogen) atoms. The molecule has 130 valence electrons. The maximum Gasteiger partial charge on any atom is 0.495 e. The summed E-state index contributed by atoms with van der Waals surface area (Å²) in [6, 6.07) is 0. The van der Waals surface area contributed by atoms with Crippen molar-refractivity contribution in [1.29, 1.82) is 0 Å². The van der Waals surface area contributed by atoms with E-state index >= 15 is 0 Å². The van der Waals surface area contributed by atoms with Gasteiger partial charge in [0.05, 0.1) is 16.9 Å². The summed E-state index contributed by atoms with van der Waals surface area (Å²) in [4.78, 5) is 12.0. The lowest BCUT2D eigenvalue weighted by Gasteiger charge is -2.38. The van der Waals surface area contributed by atoms with E-state index in [0.717, 1.165) is 4.68 Å². The van der Waals surface area contributed by atoms with E-state index < -0.39 is 30.0 Å². The van der Waals surface area contributed by atoms with Gasteiger partial charge in [0.15, 0.2) is 0 Å². The third-order valence-corrected chi connectivity index (χ3v) is 3.66. The average molecular weight is 326 g/mol. The predicted molar refractivity (Wildman–Crippen MR) is 87.7 cm³/mol. The Kier molecular flexibility index (Phi) is 5.35. The minimum Gasteiger partial charge on any atom is -0.442 e. The minimum absolute atomic E-state index is 0.341. The van der Waals surface area contributed by atoms with Gasteiger partial charge in [-0.1, -0.05) is 0 Å². The van der Waals surface area contributed by atoms with Crippen LogP contribution in [0.3, 0.4) is 0 Å². The van der Waals surface area contributed by atoms with Gasteiger partial charge in [-0.05, 0) is 55.4 Å². The van der Waals surface area contributed by atoms with Gasteiger partial charge in [0.2, 0.25) is 0 Å². The van der Waals surface area contributed by atoms with Gasteiger partial charge in [-0.15, -0.1) is 0 Å². The van der Waals surface area contributed by atoms with Gasteiger partial charge < -0.3 is 19.5 Å². The summed E-state index contributed by atoms with van der Waals surface area (Å²) < 4.78 is 11.8. The van der Waals surface area contributed by atoms with Crippen molar-refractivity contribution in [2.75, 3.05) is 0 Å². The van der Waals surface area contributed by atoms with Crippen LogP contribution in [0.2, 0.25) is 0 Å². The Morgan fingerprint density at radius 3 is 2.17 bits per heavy atom. The largest absolute Gasteiger partial charge is 0.495 e. The van der Waals surface area contributed by atoms with E-state index in [2.05, 4.69) is 5.10 Å². The van der Waals surface area contributed by atoms with Gasteiger partial charge >= 0.3 is 13.2 Å². The zero-order valence-electron chi connectivity index (χ0n) is 15.2. The number of nitrogens with zero attached hydrogens (tertiary/aromatic N) is 2. The monoisotopic (exact) mass is 326 g/mol. The first-order chi connectivity index (χ1) is 10.1. The van der Waals surface area contributed by atoms with Gasteiger partial charge in [0, 0.05) is 11.7 Å². The van der Waals surface area contributed by atoms with Crippen LogP contribution >= 0.6 is 0 Å². The molecule has 0 aromatic carbocycles. The Hall–Kier alpha value is -1.38. The van der Waals surface area contributed by atoms with Crippen molar-refractivity contribution >= 4 is 18.7 Å². The Morgan fingerprint density at radius 1 is 1.22 bits per heavy atom. The maximum absolute atomic E-state index is 12.0. The zero-order valence-corrected chi connectivity index (χ0v) is 15.2. The van der Waals surface area contributed by atoms with Gasteiger partial charge in [-0.3, -0.25) is 0 Å². The molecule has 0 spiro atoms. The molecule has 0 saturated heterocycles. The fourth-order valence-corrected chi connectivity index (χ4v) is 1.60. The topological polar surface area (TPSA) is 93.8 Å². The predicted octanol–water partition coefficient (Wildman–Crippen LogP) is 1.23. The molecule has 0 aliphatic carbocycles. The molecule has 1 aromatic rings. The van der Waals surface area contributed by atoms with Gasteiger partial charge in [0.25, 0.3) is 0 Å². The molecule has 1 rings (SSSR count). The molecule has 8 heteroatoms. The van der Waals surface area contributed by atoms with Crippen molar-refractivity contribution < 1.29 is 24.3 Å². The average Bonchev–Trinajstić information content (AvgIpc) is 2.67. The lowest BCUT2D eigenvalue weighted by atomic mass is 9.77. The second-order valence-electron chi connectivity index (χ2n) is 7.63. The van der Waals surface area contributed by atoms with Crippen LogP contribution in [0.25, 0.3) is 0 Å². The highest BCUT2D eigenvalue weighted by Crippen LogP contribution is 2.25. The summed E-state index contributed by atoms with van der Waals surface area (Å²) in [6.07, 6.45) is 0.731. The number of carbonyl (C=O) groups is 1. The van der Waals surface area contributed by atoms with Crippen LogP contribution in [-0.2, 0) is 9.39 Å². The van der Waals surface area contributed by atoms with E-state index in [-0.39, 0.29) is 0 Å². The third-order valence-electron chi connectivity index (χ3n) is 3.66. The van der Waals surface area contributed by atoms with Crippen LogP contribution in [-0.4, -0.2) is 49.9 Å². The normalized spacial score (nSPS) is 13.1. The number of aliphatic hydroxyl groups is 1. The molecule has 0 aliphatic heterocycles. The number of rotatable bonds is 4. The molecule has 0 unspecified atom stereocenters. The van der Waals surface area contributed by atoms with Crippen molar-refractivity contribution in [3.63, 3.8) is 0 Å². The molecule has 0 bridgehead atoms. The van der Waals surface area contributed by atoms with Crippen molar-refractivity contribution in [3.05, 3.63) is 11.9 Å². The molecule has 0 aliphatic rings. The number of carbonyl (C=O) groups excluding carboxylic acids is 1. The molecule has 0 radical (unpaired) electrons. The Labute approximate surface area is 137 Å². The molecule has 1 aromatic heterocycles. The highest BCUT2D eigenvalue weighted by atomic mass is 16.6. The van der Waals surface area contributed by atoms with Gasteiger partial charge in [-0.2, -0.15) is 9.78 Å². The summed E-state index contributed by atoms with van der Waals surface area (Å²) in [7, 11) is -1.33. The van der Waals surface area contributed by atoms with E-state index in [9.17, 15) is 14.9 Å². The smallest absolute Gasteiger partial charge is 0.442 e. The first-order valence-electron chi connectivity index (χ1n) is 7.52. The maximum atomic E-state index is 12.0. The zero-order chi connectivity index (χ0) is 18.2. The molecule has 1 heterocycles. The van der Waals surface area contributed by atoms with Crippen molar-refractivity contribution in [1.82, 2.24) is 9.78 Å². The Balaban J connectivity index is 2.96. The second-order valence-corrected chi connectivity index (χ2v) is 7.63. The van der Waals surface area contributed by atoms with Crippen LogP contribution in [0, 0.1) is 6.92 Å².